The monoisotopic (exact) mass is 1910 g/mol. The van der Waals surface area contributed by atoms with Crippen molar-refractivity contribution >= 4 is 138 Å². The van der Waals surface area contributed by atoms with Crippen molar-refractivity contribution in [2.45, 2.75) is 67.9 Å². The third-order valence-corrected chi connectivity index (χ3v) is 26.5. The number of anilines is 4. The van der Waals surface area contributed by atoms with Gasteiger partial charge < -0.3 is 78.6 Å². The number of halogens is 10. The SMILES string of the molecule is [C-]#[N+]C[C@H]1CN(c2nc(=O)n3c4c(c(-c5c(F)ccnc5N)c(Cl)cc24)OCC3CN2CCCC2=O)CCN1C(=O)C=C.[C-]#[N+]C[C@H]1CN(c2nc(=O)n3c4c(c(-c5cc(Cl)ccc5F)c(Cl)cc24)OCC3CN2CCC(F)(F)C2)CCN1C(=O)C=C.[C-]#[N+]C[C@H]1CN(c2nc(=O)n3c4c(c(-c5cc(Cl)ccc5F)c(Cl)cc24)OCC3CN2CCC2)CCN1C(=O)/C=C/CN(C)C. The molecule has 0 saturated carbocycles. The van der Waals surface area contributed by atoms with Gasteiger partial charge in [0, 0.05) is 172 Å². The number of nitrogen functional groups attached to an aromatic ring is 1. The molecule has 41 heteroatoms. The maximum atomic E-state index is 15.2. The maximum absolute atomic E-state index is 15.2. The predicted molar refractivity (Wildman–Crippen MR) is 494 cm³/mol. The van der Waals surface area contributed by atoms with Crippen LogP contribution in [-0.2, 0) is 19.2 Å². The lowest BCUT2D eigenvalue weighted by atomic mass is 9.99. The van der Waals surface area contributed by atoms with E-state index in [0.717, 1.165) is 32.0 Å². The smallest absolute Gasteiger partial charge is 0.350 e. The van der Waals surface area contributed by atoms with Crippen molar-refractivity contribution in [1.29, 1.82) is 0 Å². The molecule has 0 aliphatic carbocycles. The van der Waals surface area contributed by atoms with E-state index in [4.69, 9.17) is 97.7 Å². The molecule has 0 radical (unpaired) electrons. The molecule has 9 aromatic rings. The first kappa shape index (κ1) is 93.1. The number of aromatic nitrogens is 7. The molecule has 4 amide bonds. The van der Waals surface area contributed by atoms with Gasteiger partial charge in [0.2, 0.25) is 43.3 Å². The minimum Gasteiger partial charge on any atom is -0.488 e. The first-order chi connectivity index (χ1) is 63.4. The highest BCUT2D eigenvalue weighted by Gasteiger charge is 2.45. The Balaban J connectivity index is 0.000000144. The first-order valence-corrected chi connectivity index (χ1v) is 44.7. The van der Waals surface area contributed by atoms with Crippen LogP contribution in [0.1, 0.15) is 43.8 Å². The summed E-state index contributed by atoms with van der Waals surface area (Å²) in [5, 5.41) is 2.54. The summed E-state index contributed by atoms with van der Waals surface area (Å²) in [4.78, 5) is 138. The molecule has 9 aliphatic heterocycles. The Bertz CT molecular complexity index is 6520. The molecule has 31 nitrogen and oxygen atoms in total. The number of likely N-dealkylation sites (N-methyl/N-ethyl adjacent to an activating group) is 1. The third kappa shape index (κ3) is 18.4. The van der Waals surface area contributed by atoms with Gasteiger partial charge in [0.1, 0.15) is 78.7 Å². The van der Waals surface area contributed by atoms with Crippen LogP contribution in [-0.4, -0.2) is 287 Å². The van der Waals surface area contributed by atoms with Gasteiger partial charge in [-0.05, 0) is 113 Å². The van der Waals surface area contributed by atoms with Crippen molar-refractivity contribution in [1.82, 2.24) is 67.9 Å². The van der Waals surface area contributed by atoms with Gasteiger partial charge in [0.15, 0.2) is 17.2 Å². The Morgan fingerprint density at radius 1 is 0.530 bits per heavy atom. The predicted octanol–water partition coefficient (Wildman–Crippen LogP) is 11.6. The summed E-state index contributed by atoms with van der Waals surface area (Å²) in [6.07, 6.45) is 9.00. The Morgan fingerprint density at radius 3 is 1.34 bits per heavy atom. The van der Waals surface area contributed by atoms with E-state index in [0.29, 0.717) is 119 Å². The van der Waals surface area contributed by atoms with Crippen molar-refractivity contribution in [2.75, 3.05) is 192 Å². The Labute approximate surface area is 779 Å². The zero-order chi connectivity index (χ0) is 93.6. The quantitative estimate of drug-likeness (QED) is 0.0421. The molecule has 688 valence electrons. The van der Waals surface area contributed by atoms with E-state index in [9.17, 15) is 42.3 Å². The molecular weight excluding hydrogens is 1820 g/mol. The number of amides is 4. The molecule has 132 heavy (non-hydrogen) atoms. The van der Waals surface area contributed by atoms with Gasteiger partial charge in [0.05, 0.1) is 67.4 Å². The second-order valence-electron chi connectivity index (χ2n) is 33.8. The van der Waals surface area contributed by atoms with Gasteiger partial charge in [-0.15, -0.1) is 0 Å². The topological polar surface area (TPSA) is 285 Å². The standard InChI is InChI=1S/C32H34Cl2FN7O3.C30H27Cl2F3N6O3.C29H28ClFN8O4/c1-36-16-21-18-40(12-13-41(21)27(43)6-4-9-38(2)3)31-24-15-25(34)28(23-14-20(33)7-8-26(23)35)30-29(24)42(32(44)37-31)22(19-45-30)17-39-10-5-11-39;1-3-24(42)40-9-8-39(14-18(40)12-36-2)28-21-11-22(32)25(20-10-17(31)4-5-23(20)33)27-26(21)41(29(43)37-28)19(15-44-27)13-38-7-6-30(34,35)16-38;1-3-21(40)38-10-9-37(13-16(38)12-33-2)28-18-11-19(30)23(24-20(31)6-7-34-27(24)32)26-25(18)39(29(42)35-28)17(15-43-26)14-36-8-4-5-22(36)41/h4,6-8,14-15,21-22H,5,9-13,16-19H2,2-3H3;3-5,10-11,18-19H,1,6-9,12-16H2;3,6-7,11,16-17H,1,4-5,8-10,12-15H2,(H2,32,34)/b6-4+;;/t21-,22?;18-,19?;16-,17?/m000/s1. The molecule has 0 bridgehead atoms. The number of piperazine rings is 3. The Morgan fingerprint density at radius 2 is 0.955 bits per heavy atom. The van der Waals surface area contributed by atoms with Crippen LogP contribution in [0.15, 0.2) is 119 Å². The number of hydrogen-bond donors (Lipinski definition) is 1. The van der Waals surface area contributed by atoms with E-state index in [1.54, 1.807) is 59.4 Å². The Hall–Kier alpha value is -12.2. The highest BCUT2D eigenvalue weighted by Crippen LogP contribution is 2.53. The fraction of sp³-hybridized carbons (Fsp3) is 0.407. The molecule has 5 aromatic carbocycles. The molecule has 0 spiro atoms. The summed E-state index contributed by atoms with van der Waals surface area (Å²) >= 11 is 33.0. The number of carbonyl (C=O) groups is 4. The van der Waals surface area contributed by atoms with Crippen LogP contribution < -0.4 is 51.7 Å². The lowest BCUT2D eigenvalue weighted by Crippen LogP contribution is -2.56. The number of benzene rings is 5. The van der Waals surface area contributed by atoms with Crippen LogP contribution in [0.25, 0.3) is 80.6 Å². The van der Waals surface area contributed by atoms with Crippen molar-refractivity contribution in [3.63, 3.8) is 0 Å². The molecule has 6 fully saturated rings. The second-order valence-corrected chi connectivity index (χ2v) is 35.9. The highest BCUT2D eigenvalue weighted by molar-refractivity contribution is 6.37. The van der Waals surface area contributed by atoms with Crippen LogP contribution >= 0.6 is 58.0 Å². The average Bonchev–Trinajstić information content (AvgIpc) is 0.849. The second kappa shape index (κ2) is 38.9. The van der Waals surface area contributed by atoms with E-state index in [1.165, 1.54) is 63.9 Å². The number of rotatable bonds is 20. The molecular formula is C91H89Cl5F5N21O10. The average molecular weight is 1910 g/mol. The number of nitrogens with zero attached hydrogens (tertiary/aromatic N) is 20. The molecule has 4 aromatic heterocycles. The maximum Gasteiger partial charge on any atom is 0.350 e. The van der Waals surface area contributed by atoms with Gasteiger partial charge in [-0.1, -0.05) is 77.2 Å². The number of nitrogens with two attached hydrogens (primary N) is 1. The van der Waals surface area contributed by atoms with Crippen LogP contribution in [0.3, 0.4) is 0 Å². The summed E-state index contributed by atoms with van der Waals surface area (Å²) in [5.74, 6) is -3.89. The van der Waals surface area contributed by atoms with Gasteiger partial charge in [-0.2, -0.15) is 15.0 Å². The number of carbonyl (C=O) groups excluding carboxylic acids is 4. The summed E-state index contributed by atoms with van der Waals surface area (Å²) in [7, 11) is 3.84. The Kier molecular flexibility index (Phi) is 27.5. The van der Waals surface area contributed by atoms with Gasteiger partial charge >= 0.3 is 17.1 Å². The zero-order valence-corrected chi connectivity index (χ0v) is 75.5. The van der Waals surface area contributed by atoms with E-state index in [1.807, 2.05) is 33.7 Å². The first-order valence-electron chi connectivity index (χ1n) is 42.8. The van der Waals surface area contributed by atoms with Crippen molar-refractivity contribution in [3.8, 4) is 50.6 Å². The van der Waals surface area contributed by atoms with Crippen molar-refractivity contribution < 1.29 is 55.3 Å². The minimum absolute atomic E-state index is 0.000499. The van der Waals surface area contributed by atoms with Crippen LogP contribution in [0.5, 0.6) is 17.2 Å². The van der Waals surface area contributed by atoms with Crippen molar-refractivity contribution in [3.05, 3.63) is 213 Å². The summed E-state index contributed by atoms with van der Waals surface area (Å²) < 4.78 is 97.1. The van der Waals surface area contributed by atoms with Gasteiger partial charge in [-0.25, -0.2) is 61.0 Å². The molecule has 13 heterocycles. The molecule has 9 aliphatic rings. The number of pyridine rings is 1. The lowest BCUT2D eigenvalue weighted by molar-refractivity contribution is -0.129. The van der Waals surface area contributed by atoms with Crippen LogP contribution in [0, 0.1) is 37.2 Å². The highest BCUT2D eigenvalue weighted by atomic mass is 35.5. The molecule has 2 N–H and O–H groups in total. The zero-order valence-electron chi connectivity index (χ0n) is 71.7. The number of likely N-dealkylation sites (tertiary alicyclic amines) is 3. The van der Waals surface area contributed by atoms with Crippen LogP contribution in [0.2, 0.25) is 25.1 Å². The lowest BCUT2D eigenvalue weighted by Gasteiger charge is -2.40. The fourth-order valence-electron chi connectivity index (χ4n) is 18.9. The van der Waals surface area contributed by atoms with Crippen molar-refractivity contribution in [2.24, 2.45) is 0 Å². The molecule has 6 atom stereocenters. The molecule has 6 saturated heterocycles. The number of alkyl halides is 2. The third-order valence-electron chi connectivity index (χ3n) is 25.1. The van der Waals surface area contributed by atoms with E-state index in [-0.39, 0.29) is 192 Å². The van der Waals surface area contributed by atoms with E-state index in [2.05, 4.69) is 52.5 Å². The summed E-state index contributed by atoms with van der Waals surface area (Å²) in [6.45, 7) is 36.3. The molecule has 18 rings (SSSR count). The van der Waals surface area contributed by atoms with E-state index >= 15 is 13.2 Å². The largest absolute Gasteiger partial charge is 0.488 e. The normalized spacial score (nSPS) is 20.4. The minimum atomic E-state index is -2.82. The summed E-state index contributed by atoms with van der Waals surface area (Å²) in [6, 6.07) is 11.4. The molecule has 3 unspecified atom stereocenters. The fourth-order valence-corrected chi connectivity index (χ4v) is 20.1. The number of hydrogen-bond acceptors (Lipinski definition) is 21. The van der Waals surface area contributed by atoms with Crippen LogP contribution in [0.4, 0.5) is 45.2 Å². The number of ether oxygens (including phenoxy) is 3. The van der Waals surface area contributed by atoms with E-state index < -0.39 is 77.2 Å². The van der Waals surface area contributed by atoms with Gasteiger partial charge in [0.25, 0.3) is 5.92 Å². The summed E-state index contributed by atoms with van der Waals surface area (Å²) in [5.41, 5.74) is 6.44. The van der Waals surface area contributed by atoms with Gasteiger partial charge in [-0.3, -0.25) is 37.8 Å².